The predicted octanol–water partition coefficient (Wildman–Crippen LogP) is 4.09. The van der Waals surface area contributed by atoms with Crippen molar-refractivity contribution in [1.29, 1.82) is 0 Å². The van der Waals surface area contributed by atoms with E-state index >= 15 is 0 Å². The summed E-state index contributed by atoms with van der Waals surface area (Å²) in [5.41, 5.74) is 4.21. The van der Waals surface area contributed by atoms with Gasteiger partial charge in [-0.25, -0.2) is 19.9 Å². The highest BCUT2D eigenvalue weighted by Crippen LogP contribution is 2.29. The Balaban J connectivity index is 1.49. The molecule has 202 valence electrons. The summed E-state index contributed by atoms with van der Waals surface area (Å²) in [6, 6.07) is 7.03. The van der Waals surface area contributed by atoms with Crippen LogP contribution in [0.2, 0.25) is 5.15 Å². The van der Waals surface area contributed by atoms with E-state index in [9.17, 15) is 9.59 Å². The van der Waals surface area contributed by atoms with E-state index in [0.29, 0.717) is 54.7 Å². The summed E-state index contributed by atoms with van der Waals surface area (Å²) >= 11 is 6.03. The fraction of sp³-hybridized carbons (Fsp3) is 0.357. The van der Waals surface area contributed by atoms with Crippen LogP contribution in [0.3, 0.4) is 0 Å². The second-order valence-corrected chi connectivity index (χ2v) is 10.4. The Morgan fingerprint density at radius 3 is 2.33 bits per heavy atom. The molecule has 1 atom stereocenters. The second kappa shape index (κ2) is 10.6. The number of fused-ring (bicyclic) bond motifs is 1. The minimum atomic E-state index is -0.267. The number of rotatable bonds is 6. The Labute approximate surface area is 231 Å². The van der Waals surface area contributed by atoms with Gasteiger partial charge in [-0.1, -0.05) is 17.7 Å². The quantitative estimate of drug-likeness (QED) is 0.282. The highest BCUT2D eigenvalue weighted by atomic mass is 35.5. The van der Waals surface area contributed by atoms with Gasteiger partial charge >= 0.3 is 0 Å². The zero-order chi connectivity index (χ0) is 27.8. The summed E-state index contributed by atoms with van der Waals surface area (Å²) in [7, 11) is 1.77. The van der Waals surface area contributed by atoms with E-state index in [4.69, 9.17) is 16.6 Å². The number of benzene rings is 1. The third kappa shape index (κ3) is 5.29. The molecule has 4 aromatic rings. The van der Waals surface area contributed by atoms with Gasteiger partial charge in [0.05, 0.1) is 22.6 Å². The number of hydrogen-bond acceptors (Lipinski definition) is 9. The molecule has 1 fully saturated rings. The van der Waals surface area contributed by atoms with Gasteiger partial charge in [0.1, 0.15) is 10.8 Å². The van der Waals surface area contributed by atoms with E-state index in [1.54, 1.807) is 23.7 Å². The van der Waals surface area contributed by atoms with E-state index in [-0.39, 0.29) is 28.2 Å². The van der Waals surface area contributed by atoms with Gasteiger partial charge in [-0.2, -0.15) is 0 Å². The standard InChI is InChI=1S/C28H31ClN8O2/c1-16-12-20(18(3)32-22-6-7-23(29)33-24(22)19(4)38)25-21(13-16)26(39)35(5)28(34-25)37-10-8-36(9-11-37)27-30-14-17(2)15-31-27/h6-7,12-15,18,32H,8-11H2,1-5H3/t18-/m1/s1. The topological polar surface area (TPSA) is 109 Å². The van der Waals surface area contributed by atoms with Crippen molar-refractivity contribution in [2.75, 3.05) is 41.3 Å². The number of anilines is 3. The lowest BCUT2D eigenvalue weighted by atomic mass is 10.0. The number of pyridine rings is 1. The predicted molar refractivity (Wildman–Crippen MR) is 154 cm³/mol. The van der Waals surface area contributed by atoms with Crippen LogP contribution in [0.4, 0.5) is 17.6 Å². The van der Waals surface area contributed by atoms with Crippen molar-refractivity contribution in [3.05, 3.63) is 74.6 Å². The molecule has 3 aromatic heterocycles. The van der Waals surface area contributed by atoms with E-state index in [0.717, 1.165) is 16.7 Å². The molecule has 10 nitrogen and oxygen atoms in total. The lowest BCUT2D eigenvalue weighted by molar-refractivity contribution is 0.101. The number of Topliss-reactive ketones (excluding diaryl/α,β-unsaturated/α-hetero) is 1. The number of nitrogens with one attached hydrogen (secondary N) is 1. The maximum absolute atomic E-state index is 13.6. The SMILES string of the molecule is CC(=O)c1nc(Cl)ccc1N[C@H](C)c1cc(C)cc2c(=O)n(C)c(N3CCN(c4ncc(C)cn4)CC3)nc12. The van der Waals surface area contributed by atoms with Crippen LogP contribution in [-0.4, -0.2) is 56.5 Å². The summed E-state index contributed by atoms with van der Waals surface area (Å²) in [5.74, 6) is 1.14. The maximum Gasteiger partial charge on any atom is 0.262 e. The number of aromatic nitrogens is 5. The molecular formula is C28H31ClN8O2. The Hall–Kier alpha value is -4.05. The molecule has 1 aliphatic heterocycles. The molecule has 0 spiro atoms. The van der Waals surface area contributed by atoms with Crippen molar-refractivity contribution in [1.82, 2.24) is 24.5 Å². The van der Waals surface area contributed by atoms with E-state index < -0.39 is 0 Å². The number of aryl methyl sites for hydroxylation is 2. The Morgan fingerprint density at radius 2 is 1.67 bits per heavy atom. The molecule has 11 heteroatoms. The first kappa shape index (κ1) is 26.6. The third-order valence-electron chi connectivity index (χ3n) is 6.98. The number of hydrogen-bond donors (Lipinski definition) is 1. The molecule has 1 N–H and O–H groups in total. The van der Waals surface area contributed by atoms with Crippen molar-refractivity contribution >= 4 is 45.9 Å². The molecule has 1 aliphatic rings. The van der Waals surface area contributed by atoms with Crippen molar-refractivity contribution in [2.24, 2.45) is 7.05 Å². The van der Waals surface area contributed by atoms with Gasteiger partial charge in [-0.3, -0.25) is 14.2 Å². The third-order valence-corrected chi connectivity index (χ3v) is 7.19. The van der Waals surface area contributed by atoms with Crippen molar-refractivity contribution < 1.29 is 4.79 Å². The van der Waals surface area contributed by atoms with E-state index in [1.807, 2.05) is 45.3 Å². The van der Waals surface area contributed by atoms with Crippen LogP contribution in [0, 0.1) is 13.8 Å². The largest absolute Gasteiger partial charge is 0.377 e. The number of nitrogens with zero attached hydrogens (tertiary/aromatic N) is 7. The number of carbonyl (C=O) groups excluding carboxylic acids is 1. The first-order valence-corrected chi connectivity index (χ1v) is 13.2. The summed E-state index contributed by atoms with van der Waals surface area (Å²) in [5, 5.41) is 4.20. The lowest BCUT2D eigenvalue weighted by Crippen LogP contribution is -2.48. The summed E-state index contributed by atoms with van der Waals surface area (Å²) in [6.45, 7) is 10.1. The Bertz CT molecular complexity index is 1610. The molecule has 1 aromatic carbocycles. The van der Waals surface area contributed by atoms with Crippen LogP contribution in [0.15, 0.2) is 41.5 Å². The van der Waals surface area contributed by atoms with Gasteiger partial charge in [0.25, 0.3) is 5.56 Å². The van der Waals surface area contributed by atoms with Crippen LogP contribution >= 0.6 is 11.6 Å². The molecule has 0 aliphatic carbocycles. The Morgan fingerprint density at radius 1 is 1.00 bits per heavy atom. The lowest BCUT2D eigenvalue weighted by Gasteiger charge is -2.36. The van der Waals surface area contributed by atoms with Crippen LogP contribution in [0.5, 0.6) is 0 Å². The summed E-state index contributed by atoms with van der Waals surface area (Å²) in [4.78, 5) is 48.2. The van der Waals surface area contributed by atoms with Crippen molar-refractivity contribution in [3.63, 3.8) is 0 Å². The van der Waals surface area contributed by atoms with Gasteiger partial charge in [0.15, 0.2) is 5.78 Å². The molecule has 0 bridgehead atoms. The molecule has 0 unspecified atom stereocenters. The molecule has 5 rings (SSSR count). The fourth-order valence-corrected chi connectivity index (χ4v) is 5.09. The van der Waals surface area contributed by atoms with Crippen LogP contribution < -0.4 is 20.7 Å². The van der Waals surface area contributed by atoms with Crippen molar-refractivity contribution in [3.8, 4) is 0 Å². The van der Waals surface area contributed by atoms with Gasteiger partial charge in [-0.05, 0) is 50.1 Å². The average molecular weight is 547 g/mol. The highest BCUT2D eigenvalue weighted by Gasteiger charge is 2.24. The monoisotopic (exact) mass is 546 g/mol. The minimum absolute atomic E-state index is 0.103. The molecule has 0 amide bonds. The number of piperazine rings is 1. The van der Waals surface area contributed by atoms with Gasteiger partial charge in [-0.15, -0.1) is 0 Å². The van der Waals surface area contributed by atoms with Gasteiger partial charge < -0.3 is 15.1 Å². The molecule has 39 heavy (non-hydrogen) atoms. The maximum atomic E-state index is 13.6. The number of halogens is 1. The number of ketones is 1. The van der Waals surface area contributed by atoms with Crippen LogP contribution in [0.25, 0.3) is 10.9 Å². The number of carbonyl (C=O) groups is 1. The summed E-state index contributed by atoms with van der Waals surface area (Å²) < 4.78 is 1.62. The highest BCUT2D eigenvalue weighted by molar-refractivity contribution is 6.29. The smallest absolute Gasteiger partial charge is 0.262 e. The van der Waals surface area contributed by atoms with Crippen LogP contribution in [-0.2, 0) is 7.05 Å². The molecule has 0 saturated carbocycles. The molecule has 4 heterocycles. The fourth-order valence-electron chi connectivity index (χ4n) is 4.94. The normalized spacial score (nSPS) is 14.5. The molecule has 1 saturated heterocycles. The minimum Gasteiger partial charge on any atom is -0.377 e. The summed E-state index contributed by atoms with van der Waals surface area (Å²) in [6.07, 6.45) is 3.64. The average Bonchev–Trinajstić information content (AvgIpc) is 2.92. The van der Waals surface area contributed by atoms with E-state index in [2.05, 4.69) is 30.1 Å². The zero-order valence-corrected chi connectivity index (χ0v) is 23.5. The van der Waals surface area contributed by atoms with Crippen LogP contribution in [0.1, 0.15) is 47.1 Å². The molecule has 0 radical (unpaired) electrons. The molecular weight excluding hydrogens is 516 g/mol. The van der Waals surface area contributed by atoms with E-state index in [1.165, 1.54) is 6.92 Å². The second-order valence-electron chi connectivity index (χ2n) is 10.0. The first-order chi connectivity index (χ1) is 18.6. The Kier molecular flexibility index (Phi) is 7.22. The van der Waals surface area contributed by atoms with Gasteiger partial charge in [0.2, 0.25) is 11.9 Å². The van der Waals surface area contributed by atoms with Gasteiger partial charge in [0, 0.05) is 58.1 Å². The first-order valence-electron chi connectivity index (χ1n) is 12.9. The van der Waals surface area contributed by atoms with Crippen molar-refractivity contribution in [2.45, 2.75) is 33.7 Å². The zero-order valence-electron chi connectivity index (χ0n) is 22.7.